The van der Waals surface area contributed by atoms with Crippen molar-refractivity contribution < 1.29 is 23.4 Å². The van der Waals surface area contributed by atoms with Gasteiger partial charge in [-0.1, -0.05) is 19.1 Å². The Kier molecular flexibility index (Phi) is 13.9. The van der Waals surface area contributed by atoms with Crippen LogP contribution in [0.5, 0.6) is 11.5 Å². The van der Waals surface area contributed by atoms with Crippen LogP contribution in [0.15, 0.2) is 47.4 Å². The molecule has 3 aromatic rings. The Morgan fingerprint density at radius 1 is 1.02 bits per heavy atom. The normalized spacial score (nSPS) is 16.2. The standard InChI is InChI=1S/C33H42FN3O5.2ClH/c1-3-19-42-30-11-10-29(34)31-32(30)37(23-28(33(31)39)24-6-8-27(40-2)9-7-24)14-4-5-26(38)22-35-15-12-25(13-16-35)36-17-20-41-21-18-36;;/h6-11,23,25H,3-5,12-22H2,1-2H3;2*1H. The van der Waals surface area contributed by atoms with E-state index in [9.17, 15) is 9.59 Å². The van der Waals surface area contributed by atoms with E-state index in [1.807, 2.05) is 11.5 Å². The summed E-state index contributed by atoms with van der Waals surface area (Å²) >= 11 is 0. The molecule has 3 heterocycles. The van der Waals surface area contributed by atoms with E-state index in [0.29, 0.717) is 66.7 Å². The Bertz CT molecular complexity index is 1420. The van der Waals surface area contributed by atoms with Gasteiger partial charge in [-0.05, 0) is 55.5 Å². The zero-order valence-corrected chi connectivity index (χ0v) is 27.2. The van der Waals surface area contributed by atoms with Crippen LogP contribution in [-0.2, 0) is 16.1 Å². The number of fused-ring (bicyclic) bond motifs is 1. The van der Waals surface area contributed by atoms with Gasteiger partial charge in [0.2, 0.25) is 0 Å². The van der Waals surface area contributed by atoms with Gasteiger partial charge in [0.15, 0.2) is 5.43 Å². The minimum Gasteiger partial charge on any atom is -0.497 e. The van der Waals surface area contributed by atoms with Crippen LogP contribution in [0.4, 0.5) is 4.39 Å². The number of Topliss-reactive ketones (excluding diaryl/α,β-unsaturated/α-hetero) is 1. The van der Waals surface area contributed by atoms with Crippen molar-refractivity contribution in [2.45, 2.75) is 51.6 Å². The van der Waals surface area contributed by atoms with Crippen LogP contribution in [0.25, 0.3) is 22.0 Å². The van der Waals surface area contributed by atoms with Crippen LogP contribution >= 0.6 is 24.8 Å². The second-order valence-corrected chi connectivity index (χ2v) is 11.2. The lowest BCUT2D eigenvalue weighted by Gasteiger charge is -2.39. The van der Waals surface area contributed by atoms with E-state index in [2.05, 4.69) is 9.80 Å². The second-order valence-electron chi connectivity index (χ2n) is 11.2. The quantitative estimate of drug-likeness (QED) is 0.253. The Morgan fingerprint density at radius 3 is 2.39 bits per heavy atom. The number of morpholine rings is 1. The third-order valence-corrected chi connectivity index (χ3v) is 8.37. The van der Waals surface area contributed by atoms with Crippen molar-refractivity contribution in [3.05, 3.63) is 58.6 Å². The first kappa shape index (κ1) is 35.8. The number of hydrogen-bond donors (Lipinski definition) is 0. The molecule has 2 fully saturated rings. The molecule has 0 radical (unpaired) electrons. The number of hydrogen-bond acceptors (Lipinski definition) is 7. The van der Waals surface area contributed by atoms with Gasteiger partial charge in [-0.15, -0.1) is 24.8 Å². The predicted octanol–water partition coefficient (Wildman–Crippen LogP) is 5.59. The number of ketones is 1. The molecule has 0 bridgehead atoms. The van der Waals surface area contributed by atoms with Crippen molar-refractivity contribution in [1.29, 1.82) is 0 Å². The third-order valence-electron chi connectivity index (χ3n) is 8.37. The van der Waals surface area contributed by atoms with Crippen molar-refractivity contribution in [3.63, 3.8) is 0 Å². The van der Waals surface area contributed by atoms with E-state index in [0.717, 1.165) is 58.7 Å². The van der Waals surface area contributed by atoms with Gasteiger partial charge in [-0.2, -0.15) is 0 Å². The maximum Gasteiger partial charge on any atom is 0.200 e. The second kappa shape index (κ2) is 17.1. The summed E-state index contributed by atoms with van der Waals surface area (Å²) in [6.07, 6.45) is 5.70. The highest BCUT2D eigenvalue weighted by atomic mass is 35.5. The molecule has 2 saturated heterocycles. The first-order chi connectivity index (χ1) is 20.5. The van der Waals surface area contributed by atoms with E-state index in [4.69, 9.17) is 14.2 Å². The Labute approximate surface area is 271 Å². The number of pyridine rings is 1. The van der Waals surface area contributed by atoms with Gasteiger partial charge < -0.3 is 18.8 Å². The maximum absolute atomic E-state index is 15.2. The minimum atomic E-state index is -0.584. The van der Waals surface area contributed by atoms with Gasteiger partial charge >= 0.3 is 0 Å². The zero-order valence-electron chi connectivity index (χ0n) is 25.6. The Hall–Kier alpha value is -2.69. The fourth-order valence-corrected chi connectivity index (χ4v) is 6.10. The molecule has 2 aliphatic heterocycles. The molecular weight excluding hydrogens is 608 g/mol. The SMILES string of the molecule is CCCOc1ccc(F)c2c(=O)c(-c3ccc(OC)cc3)cn(CCCC(=O)CN3CCC(N4CCOCC4)CC3)c12.Cl.Cl. The van der Waals surface area contributed by atoms with Gasteiger partial charge in [0.25, 0.3) is 0 Å². The largest absolute Gasteiger partial charge is 0.497 e. The number of halogens is 3. The molecule has 1 aromatic heterocycles. The fourth-order valence-electron chi connectivity index (χ4n) is 6.10. The summed E-state index contributed by atoms with van der Waals surface area (Å²) in [5.74, 6) is 0.764. The van der Waals surface area contributed by atoms with E-state index in [1.165, 1.54) is 6.07 Å². The Morgan fingerprint density at radius 2 is 1.73 bits per heavy atom. The first-order valence-electron chi connectivity index (χ1n) is 15.2. The highest BCUT2D eigenvalue weighted by Gasteiger charge is 2.26. The van der Waals surface area contributed by atoms with Gasteiger partial charge in [-0.25, -0.2) is 4.39 Å². The number of methoxy groups -OCH3 is 1. The number of ether oxygens (including phenoxy) is 3. The molecule has 2 aromatic carbocycles. The molecule has 11 heteroatoms. The molecule has 0 spiro atoms. The van der Waals surface area contributed by atoms with Gasteiger partial charge in [0, 0.05) is 56.9 Å². The number of carbonyl (C=O) groups is 1. The van der Waals surface area contributed by atoms with E-state index >= 15 is 4.39 Å². The highest BCUT2D eigenvalue weighted by Crippen LogP contribution is 2.30. The molecule has 0 atom stereocenters. The van der Waals surface area contributed by atoms with Crippen molar-refractivity contribution in [1.82, 2.24) is 14.4 Å². The van der Waals surface area contributed by atoms with Gasteiger partial charge in [-0.3, -0.25) is 19.4 Å². The summed E-state index contributed by atoms with van der Waals surface area (Å²) in [6, 6.07) is 10.6. The number of rotatable bonds is 12. The highest BCUT2D eigenvalue weighted by molar-refractivity contribution is 5.89. The lowest BCUT2D eigenvalue weighted by Crippen LogP contribution is -2.49. The minimum absolute atomic E-state index is 0. The van der Waals surface area contributed by atoms with Gasteiger partial charge in [0.05, 0.1) is 44.4 Å². The van der Waals surface area contributed by atoms with E-state index in [1.54, 1.807) is 43.6 Å². The molecule has 242 valence electrons. The van der Waals surface area contributed by atoms with Crippen molar-refractivity contribution in [3.8, 4) is 22.6 Å². The monoisotopic (exact) mass is 651 g/mol. The molecule has 0 N–H and O–H groups in total. The van der Waals surface area contributed by atoms with Crippen LogP contribution in [-0.4, -0.2) is 85.8 Å². The fraction of sp³-hybridized carbons (Fsp3) is 0.515. The van der Waals surface area contributed by atoms with Gasteiger partial charge in [0.1, 0.15) is 23.1 Å². The zero-order chi connectivity index (χ0) is 29.5. The van der Waals surface area contributed by atoms with Crippen LogP contribution in [0, 0.1) is 5.82 Å². The van der Waals surface area contributed by atoms with Crippen molar-refractivity contribution in [2.24, 2.45) is 0 Å². The third kappa shape index (κ3) is 8.52. The van der Waals surface area contributed by atoms with E-state index < -0.39 is 5.82 Å². The number of aryl methyl sites for hydroxylation is 1. The van der Waals surface area contributed by atoms with Crippen molar-refractivity contribution in [2.75, 3.05) is 59.7 Å². The average molecular weight is 653 g/mol. The lowest BCUT2D eigenvalue weighted by atomic mass is 10.0. The number of likely N-dealkylation sites (tertiary alicyclic amines) is 1. The maximum atomic E-state index is 15.2. The average Bonchev–Trinajstić information content (AvgIpc) is 3.02. The summed E-state index contributed by atoms with van der Waals surface area (Å²) in [6.45, 7) is 8.84. The smallest absolute Gasteiger partial charge is 0.200 e. The molecule has 5 rings (SSSR count). The molecule has 0 saturated carbocycles. The molecule has 0 aliphatic carbocycles. The molecule has 0 unspecified atom stereocenters. The lowest BCUT2D eigenvalue weighted by molar-refractivity contribution is -0.120. The molecular formula is C33H44Cl2FN3O5. The number of aromatic nitrogens is 1. The number of benzene rings is 2. The molecule has 0 amide bonds. The number of piperidine rings is 1. The number of carbonyl (C=O) groups excluding carboxylic acids is 1. The summed E-state index contributed by atoms with van der Waals surface area (Å²) in [5.41, 5.74) is 1.12. The summed E-state index contributed by atoms with van der Waals surface area (Å²) in [7, 11) is 1.58. The Balaban J connectivity index is 0.00000264. The number of nitrogens with zero attached hydrogens (tertiary/aromatic N) is 3. The topological polar surface area (TPSA) is 73.2 Å². The van der Waals surface area contributed by atoms with Crippen LogP contribution in [0.1, 0.15) is 39.0 Å². The predicted molar refractivity (Wildman–Crippen MR) is 177 cm³/mol. The molecule has 2 aliphatic rings. The van der Waals surface area contributed by atoms with Crippen LogP contribution in [0.2, 0.25) is 0 Å². The van der Waals surface area contributed by atoms with Crippen LogP contribution in [0.3, 0.4) is 0 Å². The molecule has 44 heavy (non-hydrogen) atoms. The summed E-state index contributed by atoms with van der Waals surface area (Å²) in [5, 5.41) is 0.00591. The molecule has 8 nitrogen and oxygen atoms in total. The summed E-state index contributed by atoms with van der Waals surface area (Å²) < 4.78 is 33.8. The van der Waals surface area contributed by atoms with Crippen molar-refractivity contribution >= 4 is 41.5 Å². The summed E-state index contributed by atoms with van der Waals surface area (Å²) in [4.78, 5) is 31.4. The first-order valence-corrected chi connectivity index (χ1v) is 15.2. The van der Waals surface area contributed by atoms with Crippen LogP contribution < -0.4 is 14.9 Å². The van der Waals surface area contributed by atoms with E-state index in [-0.39, 0.29) is 41.4 Å².